The second kappa shape index (κ2) is 4.31. The summed E-state index contributed by atoms with van der Waals surface area (Å²) in [5.74, 6) is -0.834. The highest BCUT2D eigenvalue weighted by Crippen LogP contribution is 2.30. The smallest absolute Gasteiger partial charge is 0.344 e. The minimum Gasteiger partial charge on any atom is -0.458 e. The fraction of sp³-hybridized carbons (Fsp3) is 0.909. The van der Waals surface area contributed by atoms with Crippen molar-refractivity contribution < 1.29 is 24.5 Å². The van der Waals surface area contributed by atoms with E-state index in [2.05, 4.69) is 0 Å². The van der Waals surface area contributed by atoms with Gasteiger partial charge in [0.1, 0.15) is 5.60 Å². The van der Waals surface area contributed by atoms with Gasteiger partial charge in [-0.3, -0.25) is 0 Å². The van der Waals surface area contributed by atoms with Gasteiger partial charge >= 0.3 is 5.97 Å². The SMILES string of the molecule is CC1CCC(O)(C(=O)OC(C)(C)C)C(O)O1. The number of carbonyl (C=O) groups excluding carboxylic acids is 1. The Kier molecular flexibility index (Phi) is 3.62. The van der Waals surface area contributed by atoms with Crippen LogP contribution in [0.2, 0.25) is 0 Å². The lowest BCUT2D eigenvalue weighted by atomic mass is 9.92. The average Bonchev–Trinajstić information content (AvgIpc) is 2.09. The first-order valence-corrected chi connectivity index (χ1v) is 5.44. The van der Waals surface area contributed by atoms with Crippen LogP contribution in [-0.4, -0.2) is 39.8 Å². The number of carbonyl (C=O) groups is 1. The molecule has 0 aromatic heterocycles. The molecule has 1 aliphatic rings. The first-order chi connectivity index (χ1) is 7.15. The largest absolute Gasteiger partial charge is 0.458 e. The van der Waals surface area contributed by atoms with Crippen LogP contribution in [0.4, 0.5) is 0 Å². The molecule has 16 heavy (non-hydrogen) atoms. The number of esters is 1. The molecule has 1 saturated heterocycles. The van der Waals surface area contributed by atoms with Gasteiger partial charge < -0.3 is 19.7 Å². The monoisotopic (exact) mass is 232 g/mol. The van der Waals surface area contributed by atoms with Crippen molar-refractivity contribution in [2.45, 2.75) is 64.1 Å². The lowest BCUT2D eigenvalue weighted by molar-refractivity contribution is -0.265. The van der Waals surface area contributed by atoms with E-state index in [0.717, 1.165) is 0 Å². The van der Waals surface area contributed by atoms with Gasteiger partial charge in [0.15, 0.2) is 6.29 Å². The van der Waals surface area contributed by atoms with E-state index in [9.17, 15) is 15.0 Å². The van der Waals surface area contributed by atoms with Gasteiger partial charge in [-0.1, -0.05) is 0 Å². The number of aliphatic hydroxyl groups excluding tert-OH is 1. The molecule has 1 aliphatic heterocycles. The molecule has 0 amide bonds. The van der Waals surface area contributed by atoms with Crippen LogP contribution in [0.5, 0.6) is 0 Å². The third-order valence-corrected chi connectivity index (χ3v) is 2.45. The fourth-order valence-corrected chi connectivity index (χ4v) is 1.52. The van der Waals surface area contributed by atoms with Gasteiger partial charge in [0, 0.05) is 0 Å². The summed E-state index contributed by atoms with van der Waals surface area (Å²) in [7, 11) is 0. The maximum absolute atomic E-state index is 11.7. The molecule has 5 nitrogen and oxygen atoms in total. The van der Waals surface area contributed by atoms with Gasteiger partial charge in [-0.2, -0.15) is 0 Å². The Labute approximate surface area is 95.4 Å². The number of aliphatic hydroxyl groups is 2. The van der Waals surface area contributed by atoms with E-state index in [-0.39, 0.29) is 12.5 Å². The Morgan fingerprint density at radius 1 is 1.50 bits per heavy atom. The van der Waals surface area contributed by atoms with Crippen molar-refractivity contribution in [3.05, 3.63) is 0 Å². The summed E-state index contributed by atoms with van der Waals surface area (Å²) in [4.78, 5) is 11.7. The molecule has 1 heterocycles. The van der Waals surface area contributed by atoms with Crippen LogP contribution < -0.4 is 0 Å². The molecule has 3 atom stereocenters. The predicted molar refractivity (Wildman–Crippen MR) is 56.6 cm³/mol. The van der Waals surface area contributed by atoms with Crippen LogP contribution in [0.3, 0.4) is 0 Å². The standard InChI is InChI=1S/C11H20O5/c1-7-5-6-11(14,8(12)15-7)9(13)16-10(2,3)4/h7-8,12,14H,5-6H2,1-4H3. The second-order valence-corrected chi connectivity index (χ2v) is 5.26. The molecule has 5 heteroatoms. The highest BCUT2D eigenvalue weighted by molar-refractivity contribution is 5.80. The van der Waals surface area contributed by atoms with Crippen LogP contribution in [0.15, 0.2) is 0 Å². The van der Waals surface area contributed by atoms with Crippen molar-refractivity contribution in [1.29, 1.82) is 0 Å². The van der Waals surface area contributed by atoms with Crippen LogP contribution in [0.1, 0.15) is 40.5 Å². The molecule has 0 radical (unpaired) electrons. The second-order valence-electron chi connectivity index (χ2n) is 5.26. The van der Waals surface area contributed by atoms with Crippen molar-refractivity contribution >= 4 is 5.97 Å². The van der Waals surface area contributed by atoms with E-state index in [0.29, 0.717) is 6.42 Å². The van der Waals surface area contributed by atoms with Crippen molar-refractivity contribution in [2.24, 2.45) is 0 Å². The molecule has 0 aromatic carbocycles. The van der Waals surface area contributed by atoms with E-state index in [4.69, 9.17) is 9.47 Å². The normalized spacial score (nSPS) is 35.9. The zero-order chi connectivity index (χ0) is 12.6. The Balaban J connectivity index is 2.73. The average molecular weight is 232 g/mol. The summed E-state index contributed by atoms with van der Waals surface area (Å²) in [6.07, 6.45) is -1.04. The highest BCUT2D eigenvalue weighted by atomic mass is 16.6. The summed E-state index contributed by atoms with van der Waals surface area (Å²) in [5.41, 5.74) is -2.64. The molecule has 94 valence electrons. The predicted octanol–water partition coefficient (Wildman–Crippen LogP) is 0.576. The van der Waals surface area contributed by atoms with Gasteiger partial charge in [-0.25, -0.2) is 4.79 Å². The van der Waals surface area contributed by atoms with Crippen LogP contribution >= 0.6 is 0 Å². The zero-order valence-corrected chi connectivity index (χ0v) is 10.2. The van der Waals surface area contributed by atoms with Crippen molar-refractivity contribution in [3.8, 4) is 0 Å². The Hall–Kier alpha value is -0.650. The molecule has 2 N–H and O–H groups in total. The first kappa shape index (κ1) is 13.4. The fourth-order valence-electron chi connectivity index (χ4n) is 1.52. The number of hydrogen-bond acceptors (Lipinski definition) is 5. The molecule has 1 fully saturated rings. The molecular formula is C11H20O5. The Bertz CT molecular complexity index is 270. The maximum atomic E-state index is 11.7. The van der Waals surface area contributed by atoms with Crippen molar-refractivity contribution in [2.75, 3.05) is 0 Å². The quantitative estimate of drug-likeness (QED) is 0.647. The lowest BCUT2D eigenvalue weighted by Crippen LogP contribution is -2.56. The molecule has 3 unspecified atom stereocenters. The van der Waals surface area contributed by atoms with Crippen molar-refractivity contribution in [3.63, 3.8) is 0 Å². The Morgan fingerprint density at radius 3 is 2.50 bits per heavy atom. The topological polar surface area (TPSA) is 76.0 Å². The molecule has 0 aliphatic carbocycles. The van der Waals surface area contributed by atoms with E-state index in [1.54, 1.807) is 27.7 Å². The van der Waals surface area contributed by atoms with E-state index in [1.165, 1.54) is 0 Å². The maximum Gasteiger partial charge on any atom is 0.344 e. The van der Waals surface area contributed by atoms with E-state index in [1.807, 2.05) is 0 Å². The summed E-state index contributed by atoms with van der Waals surface area (Å²) >= 11 is 0. The van der Waals surface area contributed by atoms with E-state index >= 15 is 0 Å². The van der Waals surface area contributed by atoms with E-state index < -0.39 is 23.5 Å². The third kappa shape index (κ3) is 2.93. The summed E-state index contributed by atoms with van der Waals surface area (Å²) in [6, 6.07) is 0. The van der Waals surface area contributed by atoms with Gasteiger partial charge in [0.05, 0.1) is 6.10 Å². The van der Waals surface area contributed by atoms with Gasteiger partial charge in [-0.05, 0) is 40.5 Å². The van der Waals surface area contributed by atoms with Gasteiger partial charge in [0.2, 0.25) is 5.60 Å². The summed E-state index contributed by atoms with van der Waals surface area (Å²) in [6.45, 7) is 6.88. The van der Waals surface area contributed by atoms with Crippen LogP contribution in [-0.2, 0) is 14.3 Å². The summed E-state index contributed by atoms with van der Waals surface area (Å²) in [5, 5.41) is 19.6. The minimum atomic E-state index is -1.94. The van der Waals surface area contributed by atoms with Crippen LogP contribution in [0, 0.1) is 0 Å². The molecule has 0 bridgehead atoms. The van der Waals surface area contributed by atoms with Crippen LogP contribution in [0.25, 0.3) is 0 Å². The van der Waals surface area contributed by atoms with Crippen molar-refractivity contribution in [1.82, 2.24) is 0 Å². The number of rotatable bonds is 1. The summed E-state index contributed by atoms with van der Waals surface area (Å²) < 4.78 is 10.1. The first-order valence-electron chi connectivity index (χ1n) is 5.44. The van der Waals surface area contributed by atoms with Gasteiger partial charge in [0.25, 0.3) is 0 Å². The number of ether oxygens (including phenoxy) is 2. The van der Waals surface area contributed by atoms with Gasteiger partial charge in [-0.15, -0.1) is 0 Å². The molecular weight excluding hydrogens is 212 g/mol. The highest BCUT2D eigenvalue weighted by Gasteiger charge is 2.50. The third-order valence-electron chi connectivity index (χ3n) is 2.45. The lowest BCUT2D eigenvalue weighted by Gasteiger charge is -2.38. The zero-order valence-electron chi connectivity index (χ0n) is 10.2. The molecule has 0 saturated carbocycles. The minimum absolute atomic E-state index is 0.143. The number of hydrogen-bond donors (Lipinski definition) is 2. The molecule has 0 aromatic rings. The molecule has 0 spiro atoms. The Morgan fingerprint density at radius 2 is 2.06 bits per heavy atom. The molecule has 1 rings (SSSR count).